The lowest BCUT2D eigenvalue weighted by molar-refractivity contribution is -0.462. The van der Waals surface area contributed by atoms with Gasteiger partial charge in [0.05, 0.1) is 0 Å². The number of allylic oxidation sites excluding steroid dienone is 4. The molecule has 1 aliphatic carbocycles. The third kappa shape index (κ3) is 6.47. The van der Waals surface area contributed by atoms with Crippen molar-refractivity contribution in [3.8, 4) is 22.3 Å². The Labute approximate surface area is 252 Å². The largest absolute Gasteiger partial charge is 1.00 e. The maximum atomic E-state index is 2.35. The standard InChI is InChI=1S/C37H40N3.ClH/c1-38(2)32-25-23-31(24-26-32)37(29-19-15-27(16-20-29)33-11-7-9-13-35(33)39(3)4)30-21-17-28(18-22-30)34-12-8-10-14-36(34)40(5)6;/h7-26,31,37H,1-6H3;1H/q+1;/p-1. The lowest BCUT2D eigenvalue weighted by Crippen LogP contribution is -3.00. The highest BCUT2D eigenvalue weighted by Crippen LogP contribution is 2.39. The average molecular weight is 562 g/mol. The highest BCUT2D eigenvalue weighted by molar-refractivity contribution is 6.01. The van der Waals surface area contributed by atoms with Gasteiger partial charge in [-0.05, 0) is 34.4 Å². The zero-order valence-electron chi connectivity index (χ0n) is 24.9. The van der Waals surface area contributed by atoms with Crippen molar-refractivity contribution in [3.05, 3.63) is 132 Å². The SMILES string of the molecule is CN(C)c1ccccc1-c1ccc(C(c2ccc(-c3ccccc3N(C)C)cc2)C2C=CC(=[N+](C)C)C=C2)cc1.[Cl-]. The van der Waals surface area contributed by atoms with E-state index >= 15 is 0 Å². The lowest BCUT2D eigenvalue weighted by Gasteiger charge is -2.26. The molecule has 0 unspecified atom stereocenters. The number of nitrogens with zero attached hydrogens (tertiary/aromatic N) is 3. The number of hydrogen-bond acceptors (Lipinski definition) is 2. The van der Waals surface area contributed by atoms with E-state index in [4.69, 9.17) is 0 Å². The van der Waals surface area contributed by atoms with Crippen LogP contribution in [-0.4, -0.2) is 52.6 Å². The molecule has 0 aromatic heterocycles. The molecule has 210 valence electrons. The summed E-state index contributed by atoms with van der Waals surface area (Å²) < 4.78 is 2.16. The second-order valence-electron chi connectivity index (χ2n) is 11.2. The molecule has 4 aromatic carbocycles. The van der Waals surface area contributed by atoms with E-state index in [-0.39, 0.29) is 24.2 Å². The molecule has 0 radical (unpaired) electrons. The Morgan fingerprint density at radius 3 is 1.32 bits per heavy atom. The normalized spacial score (nSPS) is 14.1. The van der Waals surface area contributed by atoms with Crippen molar-refractivity contribution >= 4 is 17.1 Å². The minimum atomic E-state index is 0. The highest BCUT2D eigenvalue weighted by Gasteiger charge is 2.24. The van der Waals surface area contributed by atoms with Crippen molar-refractivity contribution in [3.63, 3.8) is 0 Å². The molecule has 41 heavy (non-hydrogen) atoms. The molecule has 0 aliphatic heterocycles. The van der Waals surface area contributed by atoms with Gasteiger partial charge in [-0.15, -0.1) is 0 Å². The summed E-state index contributed by atoms with van der Waals surface area (Å²) in [6, 6.07) is 35.6. The number of para-hydroxylation sites is 2. The lowest BCUT2D eigenvalue weighted by atomic mass is 9.78. The molecule has 3 nitrogen and oxygen atoms in total. The van der Waals surface area contributed by atoms with Crippen LogP contribution in [0.2, 0.25) is 0 Å². The molecule has 0 atom stereocenters. The Morgan fingerprint density at radius 2 is 0.951 bits per heavy atom. The molecule has 0 amide bonds. The van der Waals surface area contributed by atoms with Crippen molar-refractivity contribution < 1.29 is 17.0 Å². The summed E-state index contributed by atoms with van der Waals surface area (Å²) in [6.45, 7) is 0. The minimum absolute atomic E-state index is 0. The van der Waals surface area contributed by atoms with Crippen molar-refractivity contribution in [2.75, 3.05) is 52.1 Å². The van der Waals surface area contributed by atoms with Gasteiger partial charge in [0.15, 0.2) is 5.71 Å². The molecule has 5 rings (SSSR count). The van der Waals surface area contributed by atoms with Crippen LogP contribution >= 0.6 is 0 Å². The summed E-state index contributed by atoms with van der Waals surface area (Å²) in [7, 11) is 12.6. The van der Waals surface area contributed by atoms with Crippen LogP contribution in [0.5, 0.6) is 0 Å². The van der Waals surface area contributed by atoms with E-state index < -0.39 is 0 Å². The number of hydrogen-bond donors (Lipinski definition) is 0. The number of benzene rings is 4. The van der Waals surface area contributed by atoms with Gasteiger partial charge in [0, 0.05) is 74.7 Å². The Balaban J connectivity index is 0.00000387. The molecule has 0 heterocycles. The molecule has 4 aromatic rings. The van der Waals surface area contributed by atoms with Crippen molar-refractivity contribution in [1.29, 1.82) is 0 Å². The number of rotatable bonds is 7. The Morgan fingerprint density at radius 1 is 0.561 bits per heavy atom. The predicted octanol–water partition coefficient (Wildman–Crippen LogP) is 4.74. The molecule has 0 N–H and O–H groups in total. The summed E-state index contributed by atoms with van der Waals surface area (Å²) in [4.78, 5) is 4.36. The summed E-state index contributed by atoms with van der Waals surface area (Å²) in [5.74, 6) is 0.482. The number of anilines is 2. The van der Waals surface area contributed by atoms with Crippen molar-refractivity contribution in [1.82, 2.24) is 0 Å². The van der Waals surface area contributed by atoms with Gasteiger partial charge >= 0.3 is 0 Å². The summed E-state index contributed by atoms with van der Waals surface area (Å²) >= 11 is 0. The van der Waals surface area contributed by atoms with Crippen LogP contribution in [0.1, 0.15) is 17.0 Å². The van der Waals surface area contributed by atoms with Crippen LogP contribution in [-0.2, 0) is 0 Å². The Bertz CT molecular complexity index is 1450. The second-order valence-corrected chi connectivity index (χ2v) is 11.2. The van der Waals surface area contributed by atoms with Gasteiger partial charge in [0.25, 0.3) is 0 Å². The van der Waals surface area contributed by atoms with Crippen LogP contribution in [0.3, 0.4) is 0 Å². The van der Waals surface area contributed by atoms with Crippen LogP contribution in [0.15, 0.2) is 121 Å². The van der Waals surface area contributed by atoms with Gasteiger partial charge in [-0.2, -0.15) is 0 Å². The zero-order valence-corrected chi connectivity index (χ0v) is 25.7. The maximum Gasteiger partial charge on any atom is 0.198 e. The van der Waals surface area contributed by atoms with Gasteiger partial charge in [0.1, 0.15) is 14.1 Å². The summed E-state index contributed by atoms with van der Waals surface area (Å²) in [5.41, 5.74) is 11.3. The Hall–Kier alpha value is -4.08. The monoisotopic (exact) mass is 561 g/mol. The van der Waals surface area contributed by atoms with E-state index in [1.165, 1.54) is 50.5 Å². The van der Waals surface area contributed by atoms with Crippen molar-refractivity contribution in [2.24, 2.45) is 5.92 Å². The molecule has 0 saturated heterocycles. The molecule has 0 saturated carbocycles. The first-order valence-electron chi connectivity index (χ1n) is 14.0. The van der Waals surface area contributed by atoms with Crippen molar-refractivity contribution in [2.45, 2.75) is 5.92 Å². The van der Waals surface area contributed by atoms with Gasteiger partial charge in [-0.3, -0.25) is 0 Å². The fourth-order valence-corrected chi connectivity index (χ4v) is 5.65. The first-order valence-corrected chi connectivity index (χ1v) is 14.0. The maximum absolute atomic E-state index is 2.35. The fraction of sp³-hybridized carbons (Fsp3) is 0.216. The van der Waals surface area contributed by atoms with Gasteiger partial charge in [-0.25, -0.2) is 4.58 Å². The highest BCUT2D eigenvalue weighted by atomic mass is 35.5. The molecule has 1 aliphatic rings. The third-order valence-electron chi connectivity index (χ3n) is 7.81. The summed E-state index contributed by atoms with van der Waals surface area (Å²) in [5, 5.41) is 0. The Kier molecular flexibility index (Phi) is 9.52. The van der Waals surface area contributed by atoms with Gasteiger partial charge < -0.3 is 22.2 Å². The van der Waals surface area contributed by atoms with E-state index in [1.54, 1.807) is 0 Å². The summed E-state index contributed by atoms with van der Waals surface area (Å²) in [6.07, 6.45) is 9.21. The smallest absolute Gasteiger partial charge is 0.198 e. The average Bonchev–Trinajstić information content (AvgIpc) is 2.98. The number of halogens is 1. The molecule has 0 bridgehead atoms. The minimum Gasteiger partial charge on any atom is -1.00 e. The molecule has 4 heteroatoms. The predicted molar refractivity (Wildman–Crippen MR) is 173 cm³/mol. The van der Waals surface area contributed by atoms with E-state index in [9.17, 15) is 0 Å². The quantitative estimate of drug-likeness (QED) is 0.301. The van der Waals surface area contributed by atoms with Crippen LogP contribution in [0.25, 0.3) is 22.3 Å². The first kappa shape index (κ1) is 29.9. The molecule has 0 spiro atoms. The zero-order chi connectivity index (χ0) is 28.2. The molecule has 0 fully saturated rings. The fourth-order valence-electron chi connectivity index (χ4n) is 5.65. The molecular weight excluding hydrogens is 522 g/mol. The first-order chi connectivity index (χ1) is 19.3. The molecular formula is C37H40ClN3. The van der Waals surface area contributed by atoms with Crippen LogP contribution < -0.4 is 22.2 Å². The van der Waals surface area contributed by atoms with E-state index in [1.807, 2.05) is 0 Å². The van der Waals surface area contributed by atoms with E-state index in [0.29, 0.717) is 0 Å². The van der Waals surface area contributed by atoms with E-state index in [2.05, 4.69) is 178 Å². The van der Waals surface area contributed by atoms with Gasteiger partial charge in [0.2, 0.25) is 0 Å². The van der Waals surface area contributed by atoms with Gasteiger partial charge in [-0.1, -0.05) is 97.1 Å². The van der Waals surface area contributed by atoms with E-state index in [0.717, 1.165) is 0 Å². The van der Waals surface area contributed by atoms with Crippen LogP contribution in [0.4, 0.5) is 11.4 Å². The topological polar surface area (TPSA) is 9.49 Å². The third-order valence-corrected chi connectivity index (χ3v) is 7.81. The van der Waals surface area contributed by atoms with Crippen LogP contribution in [0, 0.1) is 5.92 Å². The second kappa shape index (κ2) is 13.1.